The van der Waals surface area contributed by atoms with Crippen molar-refractivity contribution in [2.75, 3.05) is 11.9 Å². The summed E-state index contributed by atoms with van der Waals surface area (Å²) in [6.07, 6.45) is 1.74. The molecular weight excluding hydrogens is 371 g/mol. The molecular formula is C14H13IN2O3. The van der Waals surface area contributed by atoms with E-state index in [0.29, 0.717) is 11.4 Å². The SMILES string of the molecule is Cn1cccc1C(=O)OCC(=O)Nc1ccccc1I. The first kappa shape index (κ1) is 14.6. The molecule has 0 saturated carbocycles. The zero-order chi connectivity index (χ0) is 14.5. The largest absolute Gasteiger partial charge is 0.451 e. The summed E-state index contributed by atoms with van der Waals surface area (Å²) < 4.78 is 7.53. The minimum atomic E-state index is -0.518. The summed E-state index contributed by atoms with van der Waals surface area (Å²) in [5.41, 5.74) is 1.11. The van der Waals surface area contributed by atoms with Crippen molar-refractivity contribution in [1.82, 2.24) is 4.57 Å². The molecule has 1 amide bonds. The van der Waals surface area contributed by atoms with Gasteiger partial charge in [0.05, 0.1) is 5.69 Å². The number of aryl methyl sites for hydroxylation is 1. The lowest BCUT2D eigenvalue weighted by molar-refractivity contribution is -0.119. The van der Waals surface area contributed by atoms with Crippen molar-refractivity contribution in [3.05, 3.63) is 51.9 Å². The fourth-order valence-corrected chi connectivity index (χ4v) is 2.15. The van der Waals surface area contributed by atoms with Gasteiger partial charge >= 0.3 is 5.97 Å². The fourth-order valence-electron chi connectivity index (χ4n) is 1.63. The van der Waals surface area contributed by atoms with Crippen molar-refractivity contribution in [2.45, 2.75) is 0 Å². The molecule has 0 bridgehead atoms. The number of ether oxygens (including phenoxy) is 1. The van der Waals surface area contributed by atoms with Crippen molar-refractivity contribution in [1.29, 1.82) is 0 Å². The highest BCUT2D eigenvalue weighted by Crippen LogP contribution is 2.16. The third-order valence-electron chi connectivity index (χ3n) is 2.64. The number of carbonyl (C=O) groups excluding carboxylic acids is 2. The topological polar surface area (TPSA) is 60.3 Å². The molecule has 2 aromatic rings. The minimum Gasteiger partial charge on any atom is -0.451 e. The van der Waals surface area contributed by atoms with Gasteiger partial charge in [0.2, 0.25) is 0 Å². The Morgan fingerprint density at radius 1 is 1.25 bits per heavy atom. The van der Waals surface area contributed by atoms with Gasteiger partial charge in [-0.15, -0.1) is 0 Å². The molecule has 1 heterocycles. The number of carbonyl (C=O) groups is 2. The van der Waals surface area contributed by atoms with E-state index in [9.17, 15) is 9.59 Å². The molecule has 0 spiro atoms. The van der Waals surface area contributed by atoms with Gasteiger partial charge in [0.15, 0.2) is 6.61 Å². The second kappa shape index (κ2) is 6.56. The second-order valence-electron chi connectivity index (χ2n) is 4.11. The van der Waals surface area contributed by atoms with E-state index in [-0.39, 0.29) is 12.5 Å². The van der Waals surface area contributed by atoms with Crippen molar-refractivity contribution < 1.29 is 14.3 Å². The maximum absolute atomic E-state index is 11.7. The Balaban J connectivity index is 1.89. The van der Waals surface area contributed by atoms with E-state index in [2.05, 4.69) is 27.9 Å². The smallest absolute Gasteiger partial charge is 0.355 e. The van der Waals surface area contributed by atoms with Gasteiger partial charge < -0.3 is 14.6 Å². The van der Waals surface area contributed by atoms with Gasteiger partial charge in [0.1, 0.15) is 5.69 Å². The van der Waals surface area contributed by atoms with Crippen LogP contribution in [0, 0.1) is 3.57 Å². The molecule has 0 aliphatic rings. The number of benzene rings is 1. The quantitative estimate of drug-likeness (QED) is 0.651. The molecule has 20 heavy (non-hydrogen) atoms. The van der Waals surface area contributed by atoms with Crippen molar-refractivity contribution in [3.8, 4) is 0 Å². The van der Waals surface area contributed by atoms with E-state index in [4.69, 9.17) is 4.74 Å². The number of esters is 1. The standard InChI is InChI=1S/C14H13IN2O3/c1-17-8-4-7-12(17)14(19)20-9-13(18)16-11-6-3-2-5-10(11)15/h2-8H,9H2,1H3,(H,16,18). The van der Waals surface area contributed by atoms with Gasteiger partial charge in [-0.05, 0) is 46.9 Å². The van der Waals surface area contributed by atoms with Crippen LogP contribution in [0.1, 0.15) is 10.5 Å². The van der Waals surface area contributed by atoms with Crippen molar-refractivity contribution in [2.24, 2.45) is 7.05 Å². The average molecular weight is 384 g/mol. The molecule has 5 nitrogen and oxygen atoms in total. The van der Waals surface area contributed by atoms with Crippen LogP contribution >= 0.6 is 22.6 Å². The maximum Gasteiger partial charge on any atom is 0.355 e. The molecule has 0 saturated heterocycles. The zero-order valence-electron chi connectivity index (χ0n) is 10.8. The van der Waals surface area contributed by atoms with Crippen LogP contribution in [0.3, 0.4) is 0 Å². The van der Waals surface area contributed by atoms with Gasteiger partial charge in [-0.2, -0.15) is 0 Å². The number of nitrogens with one attached hydrogen (secondary N) is 1. The molecule has 1 aromatic heterocycles. The molecule has 0 atom stereocenters. The number of amides is 1. The average Bonchev–Trinajstić information content (AvgIpc) is 2.85. The van der Waals surface area contributed by atoms with Gasteiger partial charge in [0, 0.05) is 16.8 Å². The van der Waals surface area contributed by atoms with Gasteiger partial charge in [-0.25, -0.2) is 4.79 Å². The lowest BCUT2D eigenvalue weighted by atomic mass is 10.3. The summed E-state index contributed by atoms with van der Waals surface area (Å²) in [5, 5.41) is 2.70. The van der Waals surface area contributed by atoms with E-state index >= 15 is 0 Å². The van der Waals surface area contributed by atoms with E-state index in [0.717, 1.165) is 3.57 Å². The minimum absolute atomic E-state index is 0.311. The van der Waals surface area contributed by atoms with E-state index in [1.807, 2.05) is 18.2 Å². The molecule has 0 unspecified atom stereocenters. The summed E-state index contributed by atoms with van der Waals surface area (Å²) in [5.74, 6) is -0.882. The van der Waals surface area contributed by atoms with Crippen LogP contribution in [0.15, 0.2) is 42.6 Å². The summed E-state index contributed by atoms with van der Waals surface area (Å²) in [6, 6.07) is 10.8. The Morgan fingerprint density at radius 3 is 2.65 bits per heavy atom. The highest BCUT2D eigenvalue weighted by atomic mass is 127. The zero-order valence-corrected chi connectivity index (χ0v) is 13.0. The van der Waals surface area contributed by atoms with E-state index in [1.54, 1.807) is 36.0 Å². The van der Waals surface area contributed by atoms with E-state index in [1.165, 1.54) is 0 Å². The Labute approximate surface area is 130 Å². The Hall–Kier alpha value is -1.83. The number of hydrogen-bond donors (Lipinski definition) is 1. The van der Waals surface area contributed by atoms with Crippen LogP contribution in [0.5, 0.6) is 0 Å². The molecule has 0 radical (unpaired) electrons. The molecule has 0 aliphatic heterocycles. The van der Waals surface area contributed by atoms with Gasteiger partial charge in [0.25, 0.3) is 5.91 Å². The predicted molar refractivity (Wildman–Crippen MR) is 83.5 cm³/mol. The number of nitrogens with zero attached hydrogens (tertiary/aromatic N) is 1. The monoisotopic (exact) mass is 384 g/mol. The number of anilines is 1. The first-order chi connectivity index (χ1) is 9.58. The molecule has 0 fully saturated rings. The molecule has 1 N–H and O–H groups in total. The van der Waals surface area contributed by atoms with Crippen LogP contribution in [-0.2, 0) is 16.6 Å². The maximum atomic E-state index is 11.7. The number of halogens is 1. The lowest BCUT2D eigenvalue weighted by Gasteiger charge is -2.08. The van der Waals surface area contributed by atoms with Crippen molar-refractivity contribution in [3.63, 3.8) is 0 Å². The van der Waals surface area contributed by atoms with Crippen LogP contribution in [0.25, 0.3) is 0 Å². The first-order valence-electron chi connectivity index (χ1n) is 5.91. The molecule has 1 aromatic carbocycles. The predicted octanol–water partition coefficient (Wildman–Crippen LogP) is 2.43. The molecule has 6 heteroatoms. The van der Waals surface area contributed by atoms with Crippen LogP contribution in [0.4, 0.5) is 5.69 Å². The molecule has 104 valence electrons. The molecule has 0 aliphatic carbocycles. The number of hydrogen-bond acceptors (Lipinski definition) is 3. The summed E-state index contributed by atoms with van der Waals surface area (Å²) in [4.78, 5) is 23.5. The summed E-state index contributed by atoms with van der Waals surface area (Å²) in [7, 11) is 1.74. The van der Waals surface area contributed by atoms with Gasteiger partial charge in [-0.1, -0.05) is 12.1 Å². The first-order valence-corrected chi connectivity index (χ1v) is 6.98. The lowest BCUT2D eigenvalue weighted by Crippen LogP contribution is -2.22. The number of para-hydroxylation sites is 1. The summed E-state index contributed by atoms with van der Waals surface area (Å²) in [6.45, 7) is -0.311. The normalized spacial score (nSPS) is 10.1. The van der Waals surface area contributed by atoms with Crippen LogP contribution in [-0.4, -0.2) is 23.1 Å². The fraction of sp³-hybridized carbons (Fsp3) is 0.143. The van der Waals surface area contributed by atoms with Crippen LogP contribution < -0.4 is 5.32 Å². The third kappa shape index (κ3) is 3.60. The number of aromatic nitrogens is 1. The van der Waals surface area contributed by atoms with Gasteiger partial charge in [-0.3, -0.25) is 4.79 Å². The second-order valence-corrected chi connectivity index (χ2v) is 5.27. The Kier molecular flexibility index (Phi) is 4.78. The number of rotatable bonds is 4. The van der Waals surface area contributed by atoms with Crippen LogP contribution in [0.2, 0.25) is 0 Å². The summed E-state index contributed by atoms with van der Waals surface area (Å²) >= 11 is 2.12. The van der Waals surface area contributed by atoms with E-state index < -0.39 is 5.97 Å². The molecule has 2 rings (SSSR count). The Bertz CT molecular complexity index is 637. The Morgan fingerprint density at radius 2 is 2.00 bits per heavy atom. The highest BCUT2D eigenvalue weighted by Gasteiger charge is 2.13. The van der Waals surface area contributed by atoms with Crippen molar-refractivity contribution >= 4 is 40.2 Å². The third-order valence-corrected chi connectivity index (χ3v) is 3.58. The highest BCUT2D eigenvalue weighted by molar-refractivity contribution is 14.1.